The Hall–Kier alpha value is -1.44. The molecule has 0 saturated heterocycles. The Labute approximate surface area is 171 Å². The molecule has 0 unspecified atom stereocenters. The number of esters is 1. The van der Waals surface area contributed by atoms with Crippen LogP contribution in [0.25, 0.3) is 0 Å². The molecule has 0 saturated carbocycles. The van der Waals surface area contributed by atoms with E-state index in [4.69, 9.17) is 17.0 Å². The average Bonchev–Trinajstić information content (AvgIpc) is 2.95. The normalized spacial score (nSPS) is 13.0. The third-order valence-electron chi connectivity index (χ3n) is 4.25. The van der Waals surface area contributed by atoms with E-state index < -0.39 is 0 Å². The highest BCUT2D eigenvalue weighted by Gasteiger charge is 2.26. The van der Waals surface area contributed by atoms with Gasteiger partial charge in [-0.05, 0) is 90.9 Å². The molecule has 2 N–H and O–H groups in total. The first-order valence-corrected chi connectivity index (χ1v) is 10.7. The first-order chi connectivity index (χ1) is 12.5. The Morgan fingerprint density at radius 2 is 2.08 bits per heavy atom. The van der Waals surface area contributed by atoms with Gasteiger partial charge in [-0.1, -0.05) is 6.07 Å². The van der Waals surface area contributed by atoms with E-state index in [9.17, 15) is 4.79 Å². The first-order valence-electron chi connectivity index (χ1n) is 8.65. The number of benzene rings is 1. The predicted octanol–water partition coefficient (Wildman–Crippen LogP) is 5.68. The molecule has 4 nitrogen and oxygen atoms in total. The van der Waals surface area contributed by atoms with Crippen LogP contribution in [0.15, 0.2) is 22.7 Å². The molecule has 0 amide bonds. The smallest absolute Gasteiger partial charge is 0.341 e. The number of anilines is 2. The summed E-state index contributed by atoms with van der Waals surface area (Å²) in [5.74, 6) is -0.270. The molecular weight excluding hydrogens is 432 g/mol. The van der Waals surface area contributed by atoms with Gasteiger partial charge in [-0.15, -0.1) is 11.3 Å². The van der Waals surface area contributed by atoms with E-state index in [1.807, 2.05) is 32.0 Å². The van der Waals surface area contributed by atoms with E-state index in [0.717, 1.165) is 52.0 Å². The number of carbonyl (C=O) groups excluding carboxylic acids is 1. The Bertz CT molecular complexity index is 848. The highest BCUT2D eigenvalue weighted by Crippen LogP contribution is 2.38. The van der Waals surface area contributed by atoms with Crippen molar-refractivity contribution < 1.29 is 9.53 Å². The fraction of sp³-hybridized carbons (Fsp3) is 0.368. The van der Waals surface area contributed by atoms with Crippen molar-refractivity contribution in [1.29, 1.82) is 0 Å². The van der Waals surface area contributed by atoms with Crippen molar-refractivity contribution >= 4 is 61.3 Å². The summed E-state index contributed by atoms with van der Waals surface area (Å²) in [6.07, 6.45) is 4.20. The maximum atomic E-state index is 12.5. The number of thiophene rings is 1. The fourth-order valence-corrected chi connectivity index (χ4v) is 5.20. The first kappa shape index (κ1) is 19.3. The highest BCUT2D eigenvalue weighted by atomic mass is 79.9. The highest BCUT2D eigenvalue weighted by molar-refractivity contribution is 9.10. The number of rotatable bonds is 4. The zero-order valence-electron chi connectivity index (χ0n) is 14.8. The minimum Gasteiger partial charge on any atom is -0.462 e. The fourth-order valence-electron chi connectivity index (χ4n) is 3.05. The summed E-state index contributed by atoms with van der Waals surface area (Å²) in [6, 6.07) is 6.02. The summed E-state index contributed by atoms with van der Waals surface area (Å²) < 4.78 is 6.22. The molecule has 26 heavy (non-hydrogen) atoms. The third-order valence-corrected chi connectivity index (χ3v) is 6.32. The van der Waals surface area contributed by atoms with E-state index >= 15 is 0 Å². The lowest BCUT2D eigenvalue weighted by Crippen LogP contribution is -2.20. The third kappa shape index (κ3) is 4.27. The van der Waals surface area contributed by atoms with Crippen LogP contribution < -0.4 is 10.6 Å². The van der Waals surface area contributed by atoms with Gasteiger partial charge < -0.3 is 15.4 Å². The van der Waals surface area contributed by atoms with Crippen LogP contribution in [0.2, 0.25) is 0 Å². The van der Waals surface area contributed by atoms with Gasteiger partial charge in [0.2, 0.25) is 0 Å². The van der Waals surface area contributed by atoms with Gasteiger partial charge in [0.25, 0.3) is 0 Å². The maximum absolute atomic E-state index is 12.5. The molecule has 0 aliphatic heterocycles. The van der Waals surface area contributed by atoms with Gasteiger partial charge in [0.15, 0.2) is 5.11 Å². The molecule has 3 rings (SSSR count). The predicted molar refractivity (Wildman–Crippen MR) is 116 cm³/mol. The van der Waals surface area contributed by atoms with Crippen LogP contribution in [0.5, 0.6) is 0 Å². The van der Waals surface area contributed by atoms with Gasteiger partial charge in [-0.3, -0.25) is 0 Å². The number of carbonyl (C=O) groups is 1. The minimum atomic E-state index is -0.270. The van der Waals surface area contributed by atoms with Crippen LogP contribution in [0.1, 0.15) is 46.1 Å². The molecule has 1 aliphatic rings. The van der Waals surface area contributed by atoms with Crippen LogP contribution in [-0.2, 0) is 17.6 Å². The lowest BCUT2D eigenvalue weighted by Gasteiger charge is -2.14. The summed E-state index contributed by atoms with van der Waals surface area (Å²) in [4.78, 5) is 13.8. The lowest BCUT2D eigenvalue weighted by atomic mass is 9.95. The molecule has 1 aromatic heterocycles. The molecule has 0 spiro atoms. The second-order valence-electron chi connectivity index (χ2n) is 6.20. The number of aryl methyl sites for hydroxylation is 2. The van der Waals surface area contributed by atoms with Gasteiger partial charge in [0.1, 0.15) is 5.00 Å². The van der Waals surface area contributed by atoms with Crippen molar-refractivity contribution in [2.24, 2.45) is 0 Å². The Balaban J connectivity index is 1.83. The Morgan fingerprint density at radius 3 is 2.81 bits per heavy atom. The topological polar surface area (TPSA) is 50.4 Å². The molecule has 7 heteroatoms. The van der Waals surface area contributed by atoms with Crippen LogP contribution in [0.3, 0.4) is 0 Å². The Kier molecular flexibility index (Phi) is 6.32. The van der Waals surface area contributed by atoms with Crippen LogP contribution >= 0.6 is 39.5 Å². The number of nitrogens with one attached hydrogen (secondary N) is 2. The molecule has 1 aromatic carbocycles. The standard InChI is InChI=1S/C19H21BrN2O2S2/c1-3-24-18(23)16-12-6-4-5-7-15(12)26-17(16)22-19(25)21-14-9-8-11(2)10-13(14)20/h8-10H,3-7H2,1-2H3,(H2,21,22,25). The molecule has 0 atom stereocenters. The number of thiocarbonyl (C=S) groups is 1. The molecule has 1 aliphatic carbocycles. The number of ether oxygens (including phenoxy) is 1. The summed E-state index contributed by atoms with van der Waals surface area (Å²) in [7, 11) is 0. The maximum Gasteiger partial charge on any atom is 0.341 e. The van der Waals surface area contributed by atoms with E-state index in [-0.39, 0.29) is 5.97 Å². The van der Waals surface area contributed by atoms with Crippen molar-refractivity contribution in [1.82, 2.24) is 0 Å². The number of hydrogen-bond donors (Lipinski definition) is 2. The second-order valence-corrected chi connectivity index (χ2v) is 8.57. The molecule has 1 heterocycles. The summed E-state index contributed by atoms with van der Waals surface area (Å²) in [6.45, 7) is 4.22. The number of fused-ring (bicyclic) bond motifs is 1. The van der Waals surface area contributed by atoms with E-state index in [0.29, 0.717) is 17.3 Å². The molecule has 2 aromatic rings. The van der Waals surface area contributed by atoms with Gasteiger partial charge in [-0.2, -0.15) is 0 Å². The average molecular weight is 453 g/mol. The van der Waals surface area contributed by atoms with Crippen molar-refractivity contribution in [3.05, 3.63) is 44.2 Å². The summed E-state index contributed by atoms with van der Waals surface area (Å²) in [5.41, 5.74) is 3.82. The molecule has 138 valence electrons. The zero-order chi connectivity index (χ0) is 18.7. The number of hydrogen-bond acceptors (Lipinski definition) is 4. The molecular formula is C19H21BrN2O2S2. The van der Waals surface area contributed by atoms with Gasteiger partial charge in [0.05, 0.1) is 17.9 Å². The minimum absolute atomic E-state index is 0.270. The summed E-state index contributed by atoms with van der Waals surface area (Å²) in [5, 5.41) is 7.64. The monoisotopic (exact) mass is 452 g/mol. The van der Waals surface area contributed by atoms with Crippen LogP contribution in [-0.4, -0.2) is 17.7 Å². The van der Waals surface area contributed by atoms with Crippen molar-refractivity contribution in [2.45, 2.75) is 39.5 Å². The quantitative estimate of drug-likeness (QED) is 0.461. The van der Waals surface area contributed by atoms with Gasteiger partial charge in [-0.25, -0.2) is 4.79 Å². The zero-order valence-corrected chi connectivity index (χ0v) is 18.0. The van der Waals surface area contributed by atoms with Gasteiger partial charge >= 0.3 is 5.97 Å². The number of halogens is 1. The molecule has 0 radical (unpaired) electrons. The SMILES string of the molecule is CCOC(=O)c1c(NC(=S)Nc2ccc(C)cc2Br)sc2c1CCCC2. The van der Waals surface area contributed by atoms with E-state index in [1.54, 1.807) is 11.3 Å². The largest absolute Gasteiger partial charge is 0.462 e. The lowest BCUT2D eigenvalue weighted by molar-refractivity contribution is 0.0526. The second kappa shape index (κ2) is 8.50. The summed E-state index contributed by atoms with van der Waals surface area (Å²) >= 11 is 10.6. The Morgan fingerprint density at radius 1 is 1.31 bits per heavy atom. The van der Waals surface area contributed by atoms with Crippen molar-refractivity contribution in [3.63, 3.8) is 0 Å². The van der Waals surface area contributed by atoms with E-state index in [1.165, 1.54) is 4.88 Å². The van der Waals surface area contributed by atoms with E-state index in [2.05, 4.69) is 26.6 Å². The van der Waals surface area contributed by atoms with Crippen molar-refractivity contribution in [3.8, 4) is 0 Å². The molecule has 0 fully saturated rings. The molecule has 0 bridgehead atoms. The van der Waals surface area contributed by atoms with Gasteiger partial charge in [0, 0.05) is 9.35 Å². The van der Waals surface area contributed by atoms with Crippen LogP contribution in [0, 0.1) is 6.92 Å². The van der Waals surface area contributed by atoms with Crippen molar-refractivity contribution in [2.75, 3.05) is 17.2 Å². The van der Waals surface area contributed by atoms with Crippen LogP contribution in [0.4, 0.5) is 10.7 Å².